The van der Waals surface area contributed by atoms with E-state index >= 15 is 0 Å². The Hall–Kier alpha value is -0.870. The lowest BCUT2D eigenvalue weighted by molar-refractivity contribution is -0.120. The molecule has 2 fully saturated rings. The van der Waals surface area contributed by atoms with E-state index in [9.17, 15) is 4.79 Å². The first kappa shape index (κ1) is 13.1. The quantitative estimate of drug-likeness (QED) is 0.895. The van der Waals surface area contributed by atoms with Crippen LogP contribution in [0.5, 0.6) is 0 Å². The van der Waals surface area contributed by atoms with Gasteiger partial charge >= 0.3 is 0 Å². The zero-order valence-electron chi connectivity index (χ0n) is 11.5. The molecule has 0 spiro atoms. The second kappa shape index (κ2) is 5.63. The summed E-state index contributed by atoms with van der Waals surface area (Å²) in [7, 11) is 0. The molecule has 2 aliphatic rings. The third-order valence-corrected chi connectivity index (χ3v) is 5.10. The third-order valence-electron chi connectivity index (χ3n) is 4.10. The molecule has 0 bridgehead atoms. The Bertz CT molecular complexity index is 453. The zero-order valence-corrected chi connectivity index (χ0v) is 12.3. The molecule has 1 amide bonds. The number of hydrogen-bond donors (Lipinski definition) is 1. The molecule has 2 heterocycles. The van der Waals surface area contributed by atoms with Gasteiger partial charge in [0.1, 0.15) is 0 Å². The lowest BCUT2D eigenvalue weighted by Gasteiger charge is -2.15. The van der Waals surface area contributed by atoms with E-state index in [4.69, 9.17) is 0 Å². The summed E-state index contributed by atoms with van der Waals surface area (Å²) >= 11 is 1.72. The molecule has 3 rings (SSSR count). The van der Waals surface area contributed by atoms with Crippen LogP contribution in [0.15, 0.2) is 12.1 Å². The van der Waals surface area contributed by atoms with Crippen molar-refractivity contribution in [2.75, 3.05) is 19.6 Å². The van der Waals surface area contributed by atoms with Crippen LogP contribution in [-0.2, 0) is 11.2 Å². The van der Waals surface area contributed by atoms with Gasteiger partial charge in [-0.25, -0.2) is 0 Å². The Kier molecular flexibility index (Phi) is 3.89. The number of nitrogens with zero attached hydrogens (tertiary/aromatic N) is 1. The number of amides is 1. The van der Waals surface area contributed by atoms with Crippen molar-refractivity contribution >= 4 is 17.2 Å². The van der Waals surface area contributed by atoms with Crippen molar-refractivity contribution in [3.63, 3.8) is 0 Å². The molecule has 1 aliphatic carbocycles. The lowest BCUT2D eigenvalue weighted by Crippen LogP contribution is -2.32. The molecule has 1 saturated carbocycles. The van der Waals surface area contributed by atoms with E-state index in [1.807, 2.05) is 0 Å². The molecule has 4 heteroatoms. The number of nitrogens with one attached hydrogen (secondary N) is 1. The summed E-state index contributed by atoms with van der Waals surface area (Å²) in [5.41, 5.74) is 0. The van der Waals surface area contributed by atoms with Crippen molar-refractivity contribution in [3.05, 3.63) is 21.9 Å². The number of hydrogen-bond acceptors (Lipinski definition) is 3. The Labute approximate surface area is 119 Å². The Morgan fingerprint density at radius 2 is 2.26 bits per heavy atom. The van der Waals surface area contributed by atoms with Gasteiger partial charge in [0, 0.05) is 28.9 Å². The van der Waals surface area contributed by atoms with E-state index in [0.717, 1.165) is 12.6 Å². The minimum absolute atomic E-state index is 0.173. The van der Waals surface area contributed by atoms with E-state index in [1.54, 1.807) is 11.3 Å². The average Bonchev–Trinajstić information content (AvgIpc) is 2.99. The molecule has 1 atom stereocenters. The molecule has 1 aliphatic heterocycles. The smallest absolute Gasteiger partial charge is 0.225 e. The van der Waals surface area contributed by atoms with Crippen LogP contribution in [0.1, 0.15) is 29.0 Å². The lowest BCUT2D eigenvalue weighted by atomic mass is 10.1. The van der Waals surface area contributed by atoms with Gasteiger partial charge in [-0.05, 0) is 50.8 Å². The summed E-state index contributed by atoms with van der Waals surface area (Å²) in [5, 5.41) is 3.10. The number of carbonyl (C=O) groups is 1. The number of likely N-dealkylation sites (tertiary alicyclic amines) is 1. The van der Waals surface area contributed by atoms with Crippen LogP contribution in [0.2, 0.25) is 0 Å². The van der Waals surface area contributed by atoms with Crippen LogP contribution in [0.3, 0.4) is 0 Å². The standard InChI is InChI=1S/C15H22N2OS/c1-11-2-5-14(19-11)8-15(18)16-9-12-6-7-17(10-12)13-3-4-13/h2,5,12-13H,3-4,6-10H2,1H3,(H,16,18). The molecular formula is C15H22N2OS. The van der Waals surface area contributed by atoms with Crippen molar-refractivity contribution in [1.82, 2.24) is 10.2 Å². The Balaban J connectivity index is 1.38. The first-order chi connectivity index (χ1) is 9.20. The molecule has 0 radical (unpaired) electrons. The maximum absolute atomic E-state index is 11.9. The summed E-state index contributed by atoms with van der Waals surface area (Å²) in [6, 6.07) is 5.01. The molecule has 104 valence electrons. The molecule has 3 nitrogen and oxygen atoms in total. The van der Waals surface area contributed by atoms with E-state index in [2.05, 4.69) is 29.3 Å². The van der Waals surface area contributed by atoms with Crippen LogP contribution >= 0.6 is 11.3 Å². The van der Waals surface area contributed by atoms with E-state index in [1.165, 1.54) is 42.1 Å². The summed E-state index contributed by atoms with van der Waals surface area (Å²) in [6.45, 7) is 5.35. The van der Waals surface area contributed by atoms with Gasteiger partial charge in [0.15, 0.2) is 0 Å². The van der Waals surface area contributed by atoms with Gasteiger partial charge in [0.2, 0.25) is 5.91 Å². The first-order valence-corrected chi connectivity index (χ1v) is 8.08. The van der Waals surface area contributed by atoms with Crippen LogP contribution < -0.4 is 5.32 Å². The number of aryl methyl sites for hydroxylation is 1. The average molecular weight is 278 g/mol. The summed E-state index contributed by atoms with van der Waals surface area (Å²) in [5.74, 6) is 0.835. The number of thiophene rings is 1. The van der Waals surface area contributed by atoms with Gasteiger partial charge in [-0.15, -0.1) is 11.3 Å². The Morgan fingerprint density at radius 3 is 2.95 bits per heavy atom. The van der Waals surface area contributed by atoms with Gasteiger partial charge in [-0.2, -0.15) is 0 Å². The molecule has 1 aromatic heterocycles. The van der Waals surface area contributed by atoms with E-state index in [-0.39, 0.29) is 5.91 Å². The van der Waals surface area contributed by atoms with Gasteiger partial charge in [0.25, 0.3) is 0 Å². The summed E-state index contributed by atoms with van der Waals surface area (Å²) in [4.78, 5) is 16.9. The maximum atomic E-state index is 11.9. The third kappa shape index (κ3) is 3.57. The SMILES string of the molecule is Cc1ccc(CC(=O)NCC2CCN(C3CC3)C2)s1. The van der Waals surface area contributed by atoms with Crippen molar-refractivity contribution in [1.29, 1.82) is 0 Å². The minimum Gasteiger partial charge on any atom is -0.355 e. The number of rotatable bonds is 5. The van der Waals surface area contributed by atoms with Gasteiger partial charge in [-0.3, -0.25) is 4.79 Å². The van der Waals surface area contributed by atoms with Crippen molar-refractivity contribution in [2.24, 2.45) is 5.92 Å². The Morgan fingerprint density at radius 1 is 1.42 bits per heavy atom. The normalized spacial score (nSPS) is 23.7. The molecule has 1 saturated heterocycles. The minimum atomic E-state index is 0.173. The van der Waals surface area contributed by atoms with Crippen LogP contribution in [0.25, 0.3) is 0 Å². The van der Waals surface area contributed by atoms with Crippen molar-refractivity contribution in [3.8, 4) is 0 Å². The van der Waals surface area contributed by atoms with Gasteiger partial charge < -0.3 is 10.2 Å². The predicted molar refractivity (Wildman–Crippen MR) is 78.5 cm³/mol. The van der Waals surface area contributed by atoms with Crippen molar-refractivity contribution < 1.29 is 4.79 Å². The second-order valence-electron chi connectivity index (χ2n) is 5.87. The molecular weight excluding hydrogens is 256 g/mol. The molecule has 19 heavy (non-hydrogen) atoms. The molecule has 1 unspecified atom stereocenters. The van der Waals surface area contributed by atoms with Crippen LogP contribution in [0.4, 0.5) is 0 Å². The van der Waals surface area contributed by atoms with E-state index < -0.39 is 0 Å². The molecule has 0 aromatic carbocycles. The summed E-state index contributed by atoms with van der Waals surface area (Å²) in [6.07, 6.45) is 4.56. The topological polar surface area (TPSA) is 32.3 Å². The van der Waals surface area contributed by atoms with Gasteiger partial charge in [0.05, 0.1) is 6.42 Å². The fraction of sp³-hybridized carbons (Fsp3) is 0.667. The highest BCUT2D eigenvalue weighted by atomic mass is 32.1. The van der Waals surface area contributed by atoms with Crippen molar-refractivity contribution in [2.45, 2.75) is 38.6 Å². The predicted octanol–water partition coefficient (Wildman–Crippen LogP) is 2.20. The maximum Gasteiger partial charge on any atom is 0.225 e. The fourth-order valence-electron chi connectivity index (χ4n) is 2.86. The monoisotopic (exact) mass is 278 g/mol. The van der Waals surface area contributed by atoms with Gasteiger partial charge in [-0.1, -0.05) is 0 Å². The fourth-order valence-corrected chi connectivity index (χ4v) is 3.75. The highest BCUT2D eigenvalue weighted by Gasteiger charge is 2.34. The molecule has 1 N–H and O–H groups in total. The number of carbonyl (C=O) groups excluding carboxylic acids is 1. The summed E-state index contributed by atoms with van der Waals surface area (Å²) < 4.78 is 0. The highest BCUT2D eigenvalue weighted by molar-refractivity contribution is 7.12. The van der Waals surface area contributed by atoms with Crippen LogP contribution in [-0.4, -0.2) is 36.5 Å². The first-order valence-electron chi connectivity index (χ1n) is 7.27. The van der Waals surface area contributed by atoms with E-state index in [0.29, 0.717) is 12.3 Å². The van der Waals surface area contributed by atoms with Crippen LogP contribution in [0, 0.1) is 12.8 Å². The zero-order chi connectivity index (χ0) is 13.2. The molecule has 1 aromatic rings. The highest BCUT2D eigenvalue weighted by Crippen LogP contribution is 2.31. The largest absolute Gasteiger partial charge is 0.355 e. The second-order valence-corrected chi connectivity index (χ2v) is 7.25.